The van der Waals surface area contributed by atoms with Gasteiger partial charge in [0.05, 0.1) is 38.9 Å². The summed E-state index contributed by atoms with van der Waals surface area (Å²) in [7, 11) is 1.33. The zero-order chi connectivity index (χ0) is 34.8. The first kappa shape index (κ1) is 39.3. The number of hydrogen-bond donors (Lipinski definition) is 1. The monoisotopic (exact) mass is 665 g/mol. The maximum absolute atomic E-state index is 13.5. The van der Waals surface area contributed by atoms with Crippen LogP contribution in [-0.2, 0) is 68.5 Å². The summed E-state index contributed by atoms with van der Waals surface area (Å²) in [5.41, 5.74) is 0.806. The Morgan fingerprint density at radius 3 is 2.19 bits per heavy atom. The molecule has 2 rings (SSSR count). The van der Waals surface area contributed by atoms with Gasteiger partial charge in [0.25, 0.3) is 5.91 Å². The predicted molar refractivity (Wildman–Crippen MR) is 164 cm³/mol. The fourth-order valence-corrected chi connectivity index (χ4v) is 4.77. The first-order valence-electron chi connectivity index (χ1n) is 15.7. The van der Waals surface area contributed by atoms with E-state index in [4.69, 9.17) is 28.4 Å². The number of esters is 4. The minimum absolute atomic E-state index is 0.0311. The van der Waals surface area contributed by atoms with E-state index in [-0.39, 0.29) is 57.3 Å². The molecule has 1 fully saturated rings. The largest absolute Gasteiger partial charge is 0.469 e. The average molecular weight is 666 g/mol. The fraction of sp³-hybridized carbons (Fsp3) is 0.636. The van der Waals surface area contributed by atoms with Gasteiger partial charge in [-0.15, -0.1) is 0 Å². The lowest BCUT2D eigenvalue weighted by atomic mass is 9.95. The number of hydrogen-bond acceptors (Lipinski definition) is 13. The van der Waals surface area contributed by atoms with Gasteiger partial charge in [0.15, 0.2) is 18.5 Å². The van der Waals surface area contributed by atoms with E-state index in [0.717, 1.165) is 12.5 Å². The van der Waals surface area contributed by atoms with E-state index in [1.54, 1.807) is 6.92 Å². The molecule has 1 saturated heterocycles. The third-order valence-corrected chi connectivity index (χ3v) is 7.16. The lowest BCUT2D eigenvalue weighted by Gasteiger charge is -2.45. The molecule has 14 nitrogen and oxygen atoms in total. The molecule has 0 aromatic heterocycles. The van der Waals surface area contributed by atoms with Gasteiger partial charge >= 0.3 is 23.9 Å². The highest BCUT2D eigenvalue weighted by atomic mass is 16.7. The number of carbonyl (C=O) groups is 6. The minimum atomic E-state index is -1.30. The van der Waals surface area contributed by atoms with Crippen LogP contribution in [0.4, 0.5) is 0 Å². The smallest absolute Gasteiger partial charge is 0.306 e. The van der Waals surface area contributed by atoms with E-state index in [9.17, 15) is 28.8 Å². The van der Waals surface area contributed by atoms with Crippen molar-refractivity contribution in [3.63, 3.8) is 0 Å². The first-order valence-corrected chi connectivity index (χ1v) is 15.7. The van der Waals surface area contributed by atoms with Crippen molar-refractivity contribution >= 4 is 35.6 Å². The van der Waals surface area contributed by atoms with Crippen molar-refractivity contribution in [2.24, 2.45) is 0 Å². The minimum Gasteiger partial charge on any atom is -0.469 e. The van der Waals surface area contributed by atoms with Crippen LogP contribution in [0.5, 0.6) is 0 Å². The number of ether oxygens (including phenoxy) is 7. The Kier molecular flexibility index (Phi) is 17.6. The van der Waals surface area contributed by atoms with E-state index in [0.29, 0.717) is 19.3 Å². The van der Waals surface area contributed by atoms with Crippen LogP contribution < -0.4 is 5.32 Å². The van der Waals surface area contributed by atoms with Crippen molar-refractivity contribution in [2.45, 2.75) is 116 Å². The van der Waals surface area contributed by atoms with Crippen LogP contribution in [0.3, 0.4) is 0 Å². The molecule has 0 bridgehead atoms. The van der Waals surface area contributed by atoms with E-state index >= 15 is 0 Å². The van der Waals surface area contributed by atoms with E-state index in [2.05, 4.69) is 10.1 Å². The number of carbonyl (C=O) groups excluding carboxylic acids is 6. The summed E-state index contributed by atoms with van der Waals surface area (Å²) < 4.78 is 39.2. The van der Waals surface area contributed by atoms with Crippen LogP contribution in [0.1, 0.15) is 78.2 Å². The highest BCUT2D eigenvalue weighted by molar-refractivity contribution is 5.84. The van der Waals surface area contributed by atoms with Gasteiger partial charge in [-0.2, -0.15) is 0 Å². The Balaban J connectivity index is 2.33. The molecule has 1 aliphatic heterocycles. The molecule has 1 N–H and O–H groups in total. The Morgan fingerprint density at radius 1 is 0.830 bits per heavy atom. The highest BCUT2D eigenvalue weighted by Crippen LogP contribution is 2.29. The van der Waals surface area contributed by atoms with Gasteiger partial charge in [0, 0.05) is 39.7 Å². The normalized spacial score (nSPS) is 21.2. The third-order valence-electron chi connectivity index (χ3n) is 7.16. The standard InChI is InChI=1S/C33H47NO13/c1-21(35)15-16-28(39)47-31-30(44-20-25-12-8-6-9-13-25)29(34-32(40)26(46-24(4)37)17-19-42-23(3)36)22(2)45-33(31)43-18-11-7-10-14-27(38)41-5/h6,8-9,12-13,22,26,29-31,33H,7,10-11,14-20H2,1-5H3,(H,34,40)/t22-,26-,29-,30+,31+,33-/m1/s1. The second-order valence-corrected chi connectivity index (χ2v) is 11.1. The van der Waals surface area contributed by atoms with Crippen molar-refractivity contribution in [3.8, 4) is 0 Å². The van der Waals surface area contributed by atoms with Crippen LogP contribution in [0.25, 0.3) is 0 Å². The summed E-state index contributed by atoms with van der Waals surface area (Å²) in [4.78, 5) is 72.4. The number of unbranched alkanes of at least 4 members (excludes halogenated alkanes) is 2. The van der Waals surface area contributed by atoms with Gasteiger partial charge in [-0.3, -0.25) is 24.0 Å². The number of ketones is 1. The Labute approximate surface area is 275 Å². The summed E-state index contributed by atoms with van der Waals surface area (Å²) in [5.74, 6) is -3.15. The highest BCUT2D eigenvalue weighted by Gasteiger charge is 2.49. The molecule has 262 valence electrons. The SMILES string of the molecule is COC(=O)CCCCCO[C@@H]1O[C@H](C)[C@@H](NC(=O)[C@@H](CCOC(C)=O)OC(C)=O)[C@H](OCc2ccccc2)[C@@H]1OC(=O)CCC(C)=O. The predicted octanol–water partition coefficient (Wildman–Crippen LogP) is 2.72. The van der Waals surface area contributed by atoms with Gasteiger partial charge in [0.1, 0.15) is 11.9 Å². The molecule has 1 amide bonds. The number of rotatable bonds is 20. The van der Waals surface area contributed by atoms with E-state index in [1.165, 1.54) is 21.0 Å². The van der Waals surface area contributed by atoms with Crippen molar-refractivity contribution in [1.82, 2.24) is 5.32 Å². The van der Waals surface area contributed by atoms with E-state index < -0.39 is 60.6 Å². The molecule has 0 unspecified atom stereocenters. The summed E-state index contributed by atoms with van der Waals surface area (Å²) >= 11 is 0. The lowest BCUT2D eigenvalue weighted by molar-refractivity contribution is -0.285. The quantitative estimate of drug-likeness (QED) is 0.122. The van der Waals surface area contributed by atoms with Crippen LogP contribution in [0, 0.1) is 0 Å². The second-order valence-electron chi connectivity index (χ2n) is 11.1. The topological polar surface area (TPSA) is 179 Å². The second kappa shape index (κ2) is 21.1. The van der Waals surface area contributed by atoms with Crippen molar-refractivity contribution in [1.29, 1.82) is 0 Å². The van der Waals surface area contributed by atoms with Gasteiger partial charge in [-0.1, -0.05) is 36.8 Å². The molecule has 14 heteroatoms. The van der Waals surface area contributed by atoms with Gasteiger partial charge in [-0.25, -0.2) is 0 Å². The first-order chi connectivity index (χ1) is 22.4. The summed E-state index contributed by atoms with van der Waals surface area (Å²) in [6.45, 7) is 5.53. The summed E-state index contributed by atoms with van der Waals surface area (Å²) in [6.07, 6.45) is -3.56. The molecule has 1 aromatic carbocycles. The molecule has 0 radical (unpaired) electrons. The van der Waals surface area contributed by atoms with Crippen molar-refractivity contribution in [2.75, 3.05) is 20.3 Å². The molecular weight excluding hydrogens is 618 g/mol. The third kappa shape index (κ3) is 15.0. The van der Waals surface area contributed by atoms with Crippen LogP contribution in [-0.4, -0.2) is 92.6 Å². The number of methoxy groups -OCH3 is 1. The van der Waals surface area contributed by atoms with Gasteiger partial charge < -0.3 is 43.3 Å². The summed E-state index contributed by atoms with van der Waals surface area (Å²) in [5, 5.41) is 2.82. The number of Topliss-reactive ketones (excluding diaryl/α,β-unsaturated/α-hetero) is 1. The Hall–Kier alpha value is -3.88. The van der Waals surface area contributed by atoms with Crippen molar-refractivity contribution < 1.29 is 61.9 Å². The van der Waals surface area contributed by atoms with Crippen LogP contribution in [0.15, 0.2) is 30.3 Å². The maximum Gasteiger partial charge on any atom is 0.306 e. The molecule has 1 aliphatic rings. The van der Waals surface area contributed by atoms with E-state index in [1.807, 2.05) is 30.3 Å². The number of nitrogens with one attached hydrogen (secondary N) is 1. The van der Waals surface area contributed by atoms with Gasteiger partial charge in [0.2, 0.25) is 0 Å². The molecular formula is C33H47NO13. The summed E-state index contributed by atoms with van der Waals surface area (Å²) in [6, 6.07) is 8.29. The molecule has 0 saturated carbocycles. The van der Waals surface area contributed by atoms with Crippen LogP contribution >= 0.6 is 0 Å². The fourth-order valence-electron chi connectivity index (χ4n) is 4.77. The zero-order valence-electron chi connectivity index (χ0n) is 27.7. The van der Waals surface area contributed by atoms with Crippen molar-refractivity contribution in [3.05, 3.63) is 35.9 Å². The molecule has 0 spiro atoms. The average Bonchev–Trinajstić information content (AvgIpc) is 3.02. The molecule has 0 aliphatic carbocycles. The molecule has 47 heavy (non-hydrogen) atoms. The maximum atomic E-state index is 13.5. The molecule has 6 atom stereocenters. The molecule has 1 aromatic rings. The Bertz CT molecular complexity index is 1170. The number of benzene rings is 1. The van der Waals surface area contributed by atoms with Crippen LogP contribution in [0.2, 0.25) is 0 Å². The lowest BCUT2D eigenvalue weighted by Crippen LogP contribution is -2.65. The Morgan fingerprint density at radius 2 is 1.55 bits per heavy atom. The number of amides is 1. The zero-order valence-corrected chi connectivity index (χ0v) is 27.7. The molecule has 1 heterocycles. The van der Waals surface area contributed by atoms with Gasteiger partial charge in [-0.05, 0) is 32.3 Å².